The number of halogens is 2. The molecule has 2 N–H and O–H groups in total. The molecular weight excluding hydrogens is 436 g/mol. The summed E-state index contributed by atoms with van der Waals surface area (Å²) in [6.07, 6.45) is 1.82. The fourth-order valence-electron chi connectivity index (χ4n) is 3.30. The second-order valence-electron chi connectivity index (χ2n) is 6.91. The average molecular weight is 453 g/mol. The molecule has 158 valence electrons. The van der Waals surface area contributed by atoms with Crippen LogP contribution in [0.4, 0.5) is 20.2 Å². The highest BCUT2D eigenvalue weighted by atomic mass is 32.2. The number of sulfonamides is 1. The minimum Gasteiger partial charge on any atom is -0.341 e. The van der Waals surface area contributed by atoms with E-state index in [9.17, 15) is 26.8 Å². The molecule has 2 aromatic rings. The Morgan fingerprint density at radius 1 is 1.10 bits per heavy atom. The number of fused-ring (bicyclic) bond motifs is 1. The Morgan fingerprint density at radius 2 is 1.83 bits per heavy atom. The van der Waals surface area contributed by atoms with E-state index in [1.54, 1.807) is 4.90 Å². The predicted octanol–water partition coefficient (Wildman–Crippen LogP) is 2.80. The minimum atomic E-state index is -4.11. The largest absolute Gasteiger partial charge is 0.341 e. The second-order valence-corrected chi connectivity index (χ2v) is 9.74. The molecule has 0 aliphatic carbocycles. The molecule has 2 aromatic carbocycles. The van der Waals surface area contributed by atoms with Crippen LogP contribution in [0.25, 0.3) is 0 Å². The van der Waals surface area contributed by atoms with Gasteiger partial charge in [-0.3, -0.25) is 14.3 Å². The molecule has 1 fully saturated rings. The molecule has 7 nitrogen and oxygen atoms in total. The number of hydrogen-bond donors (Lipinski definition) is 2. The van der Waals surface area contributed by atoms with E-state index in [4.69, 9.17) is 0 Å². The maximum absolute atomic E-state index is 13.3. The fraction of sp³-hybridized carbons (Fsp3) is 0.263. The van der Waals surface area contributed by atoms with Crippen LogP contribution in [0.5, 0.6) is 0 Å². The summed E-state index contributed by atoms with van der Waals surface area (Å²) in [6.45, 7) is 1.26. The first-order valence-corrected chi connectivity index (χ1v) is 11.5. The monoisotopic (exact) mass is 453 g/mol. The van der Waals surface area contributed by atoms with Gasteiger partial charge in [0.05, 0.1) is 16.3 Å². The summed E-state index contributed by atoms with van der Waals surface area (Å²) in [5.74, 6) is -3.03. The summed E-state index contributed by atoms with van der Waals surface area (Å²) in [5, 5.41) is 1.68. The number of hydrogen-bond acceptors (Lipinski definition) is 5. The summed E-state index contributed by atoms with van der Waals surface area (Å²) < 4.78 is 53.8. The molecule has 4 rings (SSSR count). The van der Waals surface area contributed by atoms with Crippen molar-refractivity contribution in [1.82, 2.24) is 4.90 Å². The summed E-state index contributed by atoms with van der Waals surface area (Å²) in [7, 11) is -4.11. The Morgan fingerprint density at radius 3 is 2.53 bits per heavy atom. The molecule has 30 heavy (non-hydrogen) atoms. The Kier molecular flexibility index (Phi) is 5.41. The van der Waals surface area contributed by atoms with Gasteiger partial charge in [0.15, 0.2) is 16.9 Å². The van der Waals surface area contributed by atoms with Crippen molar-refractivity contribution >= 4 is 45.0 Å². The maximum atomic E-state index is 13.3. The molecular formula is C19H17F2N3O4S2. The zero-order chi connectivity index (χ0) is 21.5. The van der Waals surface area contributed by atoms with Crippen LogP contribution >= 0.6 is 11.8 Å². The lowest BCUT2D eigenvalue weighted by molar-refractivity contribution is -0.133. The van der Waals surface area contributed by atoms with E-state index in [0.717, 1.165) is 42.8 Å². The Hall–Kier alpha value is -2.66. The third-order valence-corrected chi connectivity index (χ3v) is 7.46. The molecule has 1 saturated heterocycles. The van der Waals surface area contributed by atoms with Crippen molar-refractivity contribution in [3.8, 4) is 0 Å². The number of rotatable bonds is 4. The van der Waals surface area contributed by atoms with Crippen molar-refractivity contribution in [3.05, 3.63) is 48.0 Å². The molecule has 0 saturated carbocycles. The first-order chi connectivity index (χ1) is 14.2. The van der Waals surface area contributed by atoms with Crippen LogP contribution in [0.1, 0.15) is 12.8 Å². The van der Waals surface area contributed by atoms with Crippen molar-refractivity contribution in [2.24, 2.45) is 0 Å². The third kappa shape index (κ3) is 3.99. The van der Waals surface area contributed by atoms with E-state index < -0.39 is 32.8 Å². The summed E-state index contributed by atoms with van der Waals surface area (Å²) in [5.41, 5.74) is 0.130. The topological polar surface area (TPSA) is 95.6 Å². The highest BCUT2D eigenvalue weighted by molar-refractivity contribution is 8.01. The zero-order valence-corrected chi connectivity index (χ0v) is 17.2. The third-order valence-electron chi connectivity index (χ3n) is 4.82. The van der Waals surface area contributed by atoms with Gasteiger partial charge < -0.3 is 10.2 Å². The number of carbonyl (C=O) groups excluding carboxylic acids is 2. The number of nitrogens with one attached hydrogen (secondary N) is 2. The number of thioether (sulfide) groups is 1. The molecule has 0 spiro atoms. The van der Waals surface area contributed by atoms with Gasteiger partial charge >= 0.3 is 0 Å². The number of anilines is 2. The molecule has 11 heteroatoms. The Labute approximate surface area is 175 Å². The maximum Gasteiger partial charge on any atom is 0.261 e. The van der Waals surface area contributed by atoms with Crippen molar-refractivity contribution in [1.29, 1.82) is 0 Å². The zero-order valence-electron chi connectivity index (χ0n) is 15.5. The van der Waals surface area contributed by atoms with Gasteiger partial charge in [0.2, 0.25) is 11.8 Å². The molecule has 2 amide bonds. The molecule has 2 aliphatic rings. The van der Waals surface area contributed by atoms with E-state index in [2.05, 4.69) is 10.0 Å². The number of benzene rings is 2. The standard InChI is InChI=1S/C19H17F2N3O4S2/c20-13-5-3-11(9-14(13)21)23-30(27,28)12-4-6-16-15(10-12)22-18(25)17(29-16)19(26)24-7-1-2-8-24/h3-6,9-10,17,23H,1-2,7-8H2,(H,22,25)/t17-/m0/s1. The summed E-state index contributed by atoms with van der Waals surface area (Å²) >= 11 is 1.08. The number of amides is 2. The lowest BCUT2D eigenvalue weighted by Crippen LogP contribution is -2.43. The van der Waals surface area contributed by atoms with E-state index >= 15 is 0 Å². The van der Waals surface area contributed by atoms with Crippen LogP contribution in [-0.4, -0.2) is 43.5 Å². The van der Waals surface area contributed by atoms with Gasteiger partial charge in [-0.2, -0.15) is 0 Å². The molecule has 1 atom stereocenters. The SMILES string of the molecule is O=C1Nc2cc(S(=O)(=O)Nc3ccc(F)c(F)c3)ccc2S[C@@H]1C(=O)N1CCCC1. The number of nitrogens with zero attached hydrogens (tertiary/aromatic N) is 1. The lowest BCUT2D eigenvalue weighted by atomic mass is 10.2. The smallest absolute Gasteiger partial charge is 0.261 e. The normalized spacial score (nSPS) is 18.7. The Balaban J connectivity index is 1.55. The lowest BCUT2D eigenvalue weighted by Gasteiger charge is -2.27. The van der Waals surface area contributed by atoms with Crippen molar-refractivity contribution < 1.29 is 26.8 Å². The van der Waals surface area contributed by atoms with Gasteiger partial charge in [-0.25, -0.2) is 17.2 Å². The summed E-state index contributed by atoms with van der Waals surface area (Å²) in [6, 6.07) is 6.73. The van der Waals surface area contributed by atoms with Crippen LogP contribution in [0.15, 0.2) is 46.2 Å². The highest BCUT2D eigenvalue weighted by Crippen LogP contribution is 2.38. The van der Waals surface area contributed by atoms with Gasteiger partial charge in [0, 0.05) is 24.1 Å². The molecule has 0 bridgehead atoms. The van der Waals surface area contributed by atoms with Crippen molar-refractivity contribution in [2.75, 3.05) is 23.1 Å². The van der Waals surface area contributed by atoms with Crippen LogP contribution < -0.4 is 10.0 Å². The summed E-state index contributed by atoms with van der Waals surface area (Å²) in [4.78, 5) is 27.1. The van der Waals surface area contributed by atoms with Crippen LogP contribution in [0.3, 0.4) is 0 Å². The first kappa shape index (κ1) is 20.6. The number of likely N-dealkylation sites (tertiary alicyclic amines) is 1. The van der Waals surface area contributed by atoms with Gasteiger partial charge in [-0.05, 0) is 43.2 Å². The highest BCUT2D eigenvalue weighted by Gasteiger charge is 2.37. The van der Waals surface area contributed by atoms with Gasteiger partial charge in [-0.1, -0.05) is 0 Å². The Bertz CT molecular complexity index is 1130. The first-order valence-electron chi connectivity index (χ1n) is 9.13. The van der Waals surface area contributed by atoms with Gasteiger partial charge in [0.1, 0.15) is 0 Å². The second kappa shape index (κ2) is 7.88. The molecule has 0 radical (unpaired) electrons. The van der Waals surface area contributed by atoms with Crippen molar-refractivity contribution in [2.45, 2.75) is 27.9 Å². The van der Waals surface area contributed by atoms with E-state index in [-0.39, 0.29) is 22.2 Å². The molecule has 0 unspecified atom stereocenters. The molecule has 2 heterocycles. The van der Waals surface area contributed by atoms with E-state index in [1.807, 2.05) is 0 Å². The van der Waals surface area contributed by atoms with Gasteiger partial charge in [-0.15, -0.1) is 11.8 Å². The average Bonchev–Trinajstić information content (AvgIpc) is 3.24. The minimum absolute atomic E-state index is 0.138. The van der Waals surface area contributed by atoms with Crippen LogP contribution in [-0.2, 0) is 19.6 Å². The van der Waals surface area contributed by atoms with Crippen LogP contribution in [0, 0.1) is 11.6 Å². The number of carbonyl (C=O) groups is 2. The fourth-order valence-corrected chi connectivity index (χ4v) is 5.42. The molecule has 2 aliphatic heterocycles. The van der Waals surface area contributed by atoms with Gasteiger partial charge in [0.25, 0.3) is 10.0 Å². The molecule has 0 aromatic heterocycles. The van der Waals surface area contributed by atoms with Crippen LogP contribution in [0.2, 0.25) is 0 Å². The van der Waals surface area contributed by atoms with E-state index in [1.165, 1.54) is 18.2 Å². The predicted molar refractivity (Wildman–Crippen MR) is 108 cm³/mol. The van der Waals surface area contributed by atoms with E-state index in [0.29, 0.717) is 18.0 Å². The van der Waals surface area contributed by atoms with Crippen molar-refractivity contribution in [3.63, 3.8) is 0 Å². The quantitative estimate of drug-likeness (QED) is 0.695.